The molecule has 2 aliphatic carbocycles. The number of aliphatic carboxylic acids is 1. The molecule has 2 unspecified atom stereocenters. The van der Waals surface area contributed by atoms with E-state index >= 15 is 0 Å². The van der Waals surface area contributed by atoms with Crippen molar-refractivity contribution in [3.8, 4) is 0 Å². The molecule has 2 aliphatic rings. The van der Waals surface area contributed by atoms with Crippen molar-refractivity contribution < 1.29 is 28.6 Å². The van der Waals surface area contributed by atoms with E-state index in [2.05, 4.69) is 0 Å². The van der Waals surface area contributed by atoms with Crippen LogP contribution in [0.15, 0.2) is 16.7 Å². The quantitative estimate of drug-likeness (QED) is 0.608. The lowest BCUT2D eigenvalue weighted by Gasteiger charge is -2.44. The third kappa shape index (κ3) is 3.23. The average molecular weight is 334 g/mol. The van der Waals surface area contributed by atoms with Crippen LogP contribution < -0.4 is 0 Å². The van der Waals surface area contributed by atoms with Crippen LogP contribution in [0.2, 0.25) is 0 Å². The summed E-state index contributed by atoms with van der Waals surface area (Å²) < 4.78 is 10.4. The van der Waals surface area contributed by atoms with Crippen LogP contribution in [0, 0.1) is 17.8 Å². The van der Waals surface area contributed by atoms with Crippen LogP contribution in [-0.4, -0.2) is 29.9 Å². The highest BCUT2D eigenvalue weighted by atomic mass is 16.5. The van der Waals surface area contributed by atoms with Crippen LogP contribution in [0.1, 0.15) is 60.6 Å². The fraction of sp³-hybridized carbons (Fsp3) is 0.611. The van der Waals surface area contributed by atoms with E-state index in [-0.39, 0.29) is 35.9 Å². The second-order valence-corrected chi connectivity index (χ2v) is 6.80. The predicted molar refractivity (Wildman–Crippen MR) is 83.6 cm³/mol. The molecule has 1 N–H and O–H groups in total. The van der Waals surface area contributed by atoms with E-state index in [4.69, 9.17) is 9.15 Å². The lowest BCUT2D eigenvalue weighted by atomic mass is 9.59. The maximum absolute atomic E-state index is 12.4. The first kappa shape index (κ1) is 16.7. The summed E-state index contributed by atoms with van der Waals surface area (Å²) in [5.41, 5.74) is 0.691. The van der Waals surface area contributed by atoms with Gasteiger partial charge in [0, 0.05) is 18.8 Å². The van der Waals surface area contributed by atoms with Crippen LogP contribution in [0.3, 0.4) is 0 Å². The minimum Gasteiger partial charge on any atom is -0.481 e. The summed E-state index contributed by atoms with van der Waals surface area (Å²) in [6.45, 7) is 0.759. The SMILES string of the molecule is O=COCCCC1C2CC(=O)c3ccoc3[C@H]2CC[C@H]1CC(=O)O. The third-order valence-corrected chi connectivity index (χ3v) is 5.58. The van der Waals surface area contributed by atoms with Crippen LogP contribution in [-0.2, 0) is 14.3 Å². The smallest absolute Gasteiger partial charge is 0.303 e. The zero-order valence-corrected chi connectivity index (χ0v) is 13.5. The van der Waals surface area contributed by atoms with Gasteiger partial charge in [-0.05, 0) is 49.5 Å². The van der Waals surface area contributed by atoms with Gasteiger partial charge >= 0.3 is 5.97 Å². The maximum atomic E-state index is 12.4. The first-order chi connectivity index (χ1) is 11.6. The molecular weight excluding hydrogens is 312 g/mol. The number of carboxylic acid groups (broad SMARTS) is 1. The number of rotatable bonds is 7. The van der Waals surface area contributed by atoms with E-state index in [1.807, 2.05) is 0 Å². The molecule has 0 spiro atoms. The number of ether oxygens (including phenoxy) is 1. The summed E-state index contributed by atoms with van der Waals surface area (Å²) in [4.78, 5) is 33.9. The van der Waals surface area contributed by atoms with Gasteiger partial charge in [0.2, 0.25) is 0 Å². The summed E-state index contributed by atoms with van der Waals surface area (Å²) in [6, 6.07) is 1.74. The molecule has 0 amide bonds. The molecule has 1 aromatic heterocycles. The van der Waals surface area contributed by atoms with Gasteiger partial charge in [0.25, 0.3) is 6.47 Å². The minimum absolute atomic E-state index is 0.0595. The van der Waals surface area contributed by atoms with Gasteiger partial charge in [0.05, 0.1) is 18.4 Å². The average Bonchev–Trinajstić information content (AvgIpc) is 3.03. The van der Waals surface area contributed by atoms with Gasteiger partial charge in [0.1, 0.15) is 5.76 Å². The van der Waals surface area contributed by atoms with Crippen LogP contribution >= 0.6 is 0 Å². The van der Waals surface area contributed by atoms with Crippen molar-refractivity contribution in [1.29, 1.82) is 0 Å². The van der Waals surface area contributed by atoms with Crippen molar-refractivity contribution >= 4 is 18.2 Å². The van der Waals surface area contributed by atoms with Crippen molar-refractivity contribution in [2.75, 3.05) is 6.61 Å². The van der Waals surface area contributed by atoms with Crippen molar-refractivity contribution in [2.45, 2.75) is 44.4 Å². The molecule has 1 heterocycles. The van der Waals surface area contributed by atoms with E-state index in [0.29, 0.717) is 31.5 Å². The predicted octanol–water partition coefficient (Wildman–Crippen LogP) is 3.02. The zero-order chi connectivity index (χ0) is 17.1. The topological polar surface area (TPSA) is 93.8 Å². The highest BCUT2D eigenvalue weighted by Gasteiger charge is 2.46. The molecule has 24 heavy (non-hydrogen) atoms. The molecule has 1 fully saturated rings. The largest absolute Gasteiger partial charge is 0.481 e. The standard InChI is InChI=1S/C18H22O6/c19-10-23-6-1-2-12-11(8-17(21)22)3-4-13-15(12)9-16(20)14-5-7-24-18(13)14/h5,7,10-13,15H,1-4,6,8-9H2,(H,21,22)/t11-,12?,13-,15?/m0/s1. The number of carbonyl (C=O) groups is 3. The molecular formula is C18H22O6. The van der Waals surface area contributed by atoms with Crippen molar-refractivity contribution in [1.82, 2.24) is 0 Å². The van der Waals surface area contributed by atoms with Gasteiger partial charge in [-0.25, -0.2) is 0 Å². The van der Waals surface area contributed by atoms with Gasteiger partial charge < -0.3 is 14.3 Å². The van der Waals surface area contributed by atoms with Gasteiger partial charge in [0.15, 0.2) is 5.78 Å². The monoisotopic (exact) mass is 334 g/mol. The van der Waals surface area contributed by atoms with Gasteiger partial charge in [-0.3, -0.25) is 14.4 Å². The van der Waals surface area contributed by atoms with Crippen molar-refractivity contribution in [3.05, 3.63) is 23.7 Å². The van der Waals surface area contributed by atoms with Crippen LogP contribution in [0.25, 0.3) is 0 Å². The molecule has 0 bridgehead atoms. The Balaban J connectivity index is 1.80. The number of hydrogen-bond acceptors (Lipinski definition) is 5. The van der Waals surface area contributed by atoms with E-state index in [9.17, 15) is 19.5 Å². The minimum atomic E-state index is -0.798. The summed E-state index contributed by atoms with van der Waals surface area (Å²) in [5, 5.41) is 9.21. The highest BCUT2D eigenvalue weighted by molar-refractivity contribution is 5.98. The molecule has 0 saturated heterocycles. The normalized spacial score (nSPS) is 28.8. The number of ketones is 1. The van der Waals surface area contributed by atoms with Crippen molar-refractivity contribution in [2.24, 2.45) is 17.8 Å². The molecule has 0 aliphatic heterocycles. The molecule has 6 heteroatoms. The Bertz CT molecular complexity index is 619. The fourth-order valence-electron chi connectivity index (χ4n) is 4.63. The summed E-state index contributed by atoms with van der Waals surface area (Å²) in [7, 11) is 0. The van der Waals surface area contributed by atoms with Gasteiger partial charge in [-0.2, -0.15) is 0 Å². The van der Waals surface area contributed by atoms with E-state index in [1.165, 1.54) is 0 Å². The second-order valence-electron chi connectivity index (χ2n) is 6.80. The maximum Gasteiger partial charge on any atom is 0.303 e. The summed E-state index contributed by atoms with van der Waals surface area (Å²) in [6.07, 6.45) is 5.27. The summed E-state index contributed by atoms with van der Waals surface area (Å²) in [5.74, 6) is 0.569. The zero-order valence-electron chi connectivity index (χ0n) is 13.5. The molecule has 0 radical (unpaired) electrons. The lowest BCUT2D eigenvalue weighted by molar-refractivity contribution is -0.139. The number of fused-ring (bicyclic) bond motifs is 3. The van der Waals surface area contributed by atoms with E-state index < -0.39 is 5.97 Å². The molecule has 130 valence electrons. The van der Waals surface area contributed by atoms with Crippen LogP contribution in [0.5, 0.6) is 0 Å². The molecule has 0 aromatic carbocycles. The number of carbonyl (C=O) groups excluding carboxylic acids is 2. The molecule has 6 nitrogen and oxygen atoms in total. The second kappa shape index (κ2) is 7.20. The third-order valence-electron chi connectivity index (χ3n) is 5.58. The Hall–Kier alpha value is -2.11. The molecule has 1 aromatic rings. The first-order valence-corrected chi connectivity index (χ1v) is 8.49. The Morgan fingerprint density at radius 1 is 1.42 bits per heavy atom. The van der Waals surface area contributed by atoms with E-state index in [0.717, 1.165) is 25.0 Å². The number of furan rings is 1. The molecule has 3 rings (SSSR count). The van der Waals surface area contributed by atoms with Gasteiger partial charge in [-0.1, -0.05) is 0 Å². The number of Topliss-reactive ketones (excluding diaryl/α,β-unsaturated/α-hetero) is 1. The number of carboxylic acids is 1. The highest BCUT2D eigenvalue weighted by Crippen LogP contribution is 2.52. The van der Waals surface area contributed by atoms with Gasteiger partial charge in [-0.15, -0.1) is 0 Å². The summed E-state index contributed by atoms with van der Waals surface area (Å²) >= 11 is 0. The Morgan fingerprint density at radius 2 is 2.25 bits per heavy atom. The fourth-order valence-corrected chi connectivity index (χ4v) is 4.63. The first-order valence-electron chi connectivity index (χ1n) is 8.49. The van der Waals surface area contributed by atoms with Crippen LogP contribution in [0.4, 0.5) is 0 Å². The van der Waals surface area contributed by atoms with E-state index in [1.54, 1.807) is 12.3 Å². The Kier molecular flexibility index (Phi) is 5.02. The Labute approximate surface area is 140 Å². The molecule has 1 saturated carbocycles. The lowest BCUT2D eigenvalue weighted by Crippen LogP contribution is -2.39. The Morgan fingerprint density at radius 3 is 3.00 bits per heavy atom. The molecule has 4 atom stereocenters. The van der Waals surface area contributed by atoms with Crippen molar-refractivity contribution in [3.63, 3.8) is 0 Å². The number of hydrogen-bond donors (Lipinski definition) is 1.